The van der Waals surface area contributed by atoms with E-state index in [2.05, 4.69) is 9.80 Å². The van der Waals surface area contributed by atoms with Crippen LogP contribution in [0.3, 0.4) is 0 Å². The SMILES string of the molecule is Cl.OCCN1CCN(CC(O)COc2cccc(F)c2)CC1. The number of aliphatic hydroxyl groups excluding tert-OH is 2. The summed E-state index contributed by atoms with van der Waals surface area (Å²) < 4.78 is 18.4. The molecular weight excluding hydrogens is 311 g/mol. The highest BCUT2D eigenvalue weighted by atomic mass is 35.5. The number of ether oxygens (including phenoxy) is 1. The summed E-state index contributed by atoms with van der Waals surface area (Å²) in [6, 6.07) is 5.91. The Balaban J connectivity index is 0.00000242. The molecule has 1 aliphatic rings. The number of benzene rings is 1. The largest absolute Gasteiger partial charge is 0.491 e. The molecule has 0 aromatic heterocycles. The van der Waals surface area contributed by atoms with Gasteiger partial charge in [-0.1, -0.05) is 6.07 Å². The van der Waals surface area contributed by atoms with Crippen LogP contribution in [0.1, 0.15) is 0 Å². The summed E-state index contributed by atoms with van der Waals surface area (Å²) in [5, 5.41) is 18.9. The number of nitrogens with zero attached hydrogens (tertiary/aromatic N) is 2. The van der Waals surface area contributed by atoms with Crippen molar-refractivity contribution in [1.82, 2.24) is 9.80 Å². The number of rotatable bonds is 7. The van der Waals surface area contributed by atoms with Crippen molar-refractivity contribution in [2.24, 2.45) is 0 Å². The Morgan fingerprint density at radius 1 is 1.18 bits per heavy atom. The van der Waals surface area contributed by atoms with Crippen LogP contribution in [0, 0.1) is 5.82 Å². The van der Waals surface area contributed by atoms with E-state index in [-0.39, 0.29) is 31.4 Å². The number of piperazine rings is 1. The first-order valence-electron chi connectivity index (χ1n) is 7.29. The molecule has 0 amide bonds. The molecule has 1 saturated heterocycles. The summed E-state index contributed by atoms with van der Waals surface area (Å²) in [7, 11) is 0. The third kappa shape index (κ3) is 6.46. The Bertz CT molecular complexity index is 431. The average Bonchev–Trinajstić information content (AvgIpc) is 2.48. The van der Waals surface area contributed by atoms with Crippen molar-refractivity contribution in [3.63, 3.8) is 0 Å². The molecule has 7 heteroatoms. The maximum atomic E-state index is 13.0. The van der Waals surface area contributed by atoms with Crippen molar-refractivity contribution in [3.05, 3.63) is 30.1 Å². The van der Waals surface area contributed by atoms with Crippen LogP contribution < -0.4 is 4.74 Å². The minimum Gasteiger partial charge on any atom is -0.491 e. The summed E-state index contributed by atoms with van der Waals surface area (Å²) in [5.74, 6) is 0.0869. The third-order valence-electron chi connectivity index (χ3n) is 3.59. The van der Waals surface area contributed by atoms with Gasteiger partial charge < -0.3 is 14.9 Å². The molecule has 1 aromatic carbocycles. The number of aliphatic hydroxyl groups is 2. The Labute approximate surface area is 136 Å². The zero-order valence-corrected chi connectivity index (χ0v) is 13.3. The zero-order valence-electron chi connectivity index (χ0n) is 12.5. The minimum atomic E-state index is -0.599. The number of β-amino-alcohol motifs (C(OH)–C–C–N with tert-alkyl or cyclic N) is 2. The number of halogens is 2. The predicted octanol–water partition coefficient (Wildman–Crippen LogP) is 0.597. The third-order valence-corrected chi connectivity index (χ3v) is 3.59. The van der Waals surface area contributed by atoms with Gasteiger partial charge in [0.2, 0.25) is 0 Å². The highest BCUT2D eigenvalue weighted by molar-refractivity contribution is 5.85. The number of hydrogen-bond donors (Lipinski definition) is 2. The molecule has 1 aromatic rings. The molecule has 0 bridgehead atoms. The van der Waals surface area contributed by atoms with E-state index in [4.69, 9.17) is 9.84 Å². The molecular formula is C15H24ClFN2O3. The van der Waals surface area contributed by atoms with Crippen LogP contribution in [0.25, 0.3) is 0 Å². The smallest absolute Gasteiger partial charge is 0.126 e. The van der Waals surface area contributed by atoms with E-state index in [0.717, 1.165) is 26.2 Å². The monoisotopic (exact) mass is 334 g/mol. The summed E-state index contributed by atoms with van der Waals surface area (Å²) in [6.07, 6.45) is -0.599. The molecule has 0 radical (unpaired) electrons. The molecule has 1 unspecified atom stereocenters. The highest BCUT2D eigenvalue weighted by Gasteiger charge is 2.19. The number of hydrogen-bond acceptors (Lipinski definition) is 5. The van der Waals surface area contributed by atoms with Crippen molar-refractivity contribution in [2.45, 2.75) is 6.10 Å². The second kappa shape index (κ2) is 9.97. The second-order valence-corrected chi connectivity index (χ2v) is 5.29. The van der Waals surface area contributed by atoms with Gasteiger partial charge in [-0.15, -0.1) is 12.4 Å². The summed E-state index contributed by atoms with van der Waals surface area (Å²) >= 11 is 0. The van der Waals surface area contributed by atoms with Crippen LogP contribution in [-0.2, 0) is 0 Å². The minimum absolute atomic E-state index is 0. The molecule has 5 nitrogen and oxygen atoms in total. The maximum absolute atomic E-state index is 13.0. The molecule has 2 N–H and O–H groups in total. The van der Waals surface area contributed by atoms with E-state index in [1.807, 2.05) is 0 Å². The molecule has 0 spiro atoms. The van der Waals surface area contributed by atoms with Crippen LogP contribution >= 0.6 is 12.4 Å². The molecule has 1 heterocycles. The highest BCUT2D eigenvalue weighted by Crippen LogP contribution is 2.12. The van der Waals surface area contributed by atoms with E-state index in [9.17, 15) is 9.50 Å². The van der Waals surface area contributed by atoms with Gasteiger partial charge in [0, 0.05) is 45.3 Å². The Hall–Kier alpha value is -0.920. The topological polar surface area (TPSA) is 56.2 Å². The van der Waals surface area contributed by atoms with E-state index < -0.39 is 6.10 Å². The normalized spacial score (nSPS) is 17.8. The van der Waals surface area contributed by atoms with Crippen molar-refractivity contribution in [2.75, 3.05) is 52.5 Å². The van der Waals surface area contributed by atoms with Gasteiger partial charge in [0.05, 0.1) is 6.61 Å². The van der Waals surface area contributed by atoms with Gasteiger partial charge in [0.25, 0.3) is 0 Å². The van der Waals surface area contributed by atoms with Crippen LogP contribution in [0.2, 0.25) is 0 Å². The lowest BCUT2D eigenvalue weighted by Crippen LogP contribution is -2.49. The van der Waals surface area contributed by atoms with Crippen molar-refractivity contribution in [3.8, 4) is 5.75 Å². The Kier molecular flexibility index (Phi) is 8.67. The fraction of sp³-hybridized carbons (Fsp3) is 0.600. The van der Waals surface area contributed by atoms with Gasteiger partial charge in [-0.3, -0.25) is 9.80 Å². The van der Waals surface area contributed by atoms with Crippen molar-refractivity contribution >= 4 is 12.4 Å². The lowest BCUT2D eigenvalue weighted by molar-refractivity contribution is 0.0428. The van der Waals surface area contributed by atoms with E-state index in [1.165, 1.54) is 12.1 Å². The van der Waals surface area contributed by atoms with Crippen LogP contribution in [0.5, 0.6) is 5.75 Å². The van der Waals surface area contributed by atoms with Crippen molar-refractivity contribution in [1.29, 1.82) is 0 Å². The first kappa shape index (κ1) is 19.1. The van der Waals surface area contributed by atoms with Gasteiger partial charge in [-0.25, -0.2) is 4.39 Å². The van der Waals surface area contributed by atoms with Crippen molar-refractivity contribution < 1.29 is 19.3 Å². The Morgan fingerprint density at radius 3 is 2.50 bits per heavy atom. The van der Waals surface area contributed by atoms with Gasteiger partial charge in [0.15, 0.2) is 0 Å². The summed E-state index contributed by atoms with van der Waals surface area (Å²) in [6.45, 7) is 5.13. The lowest BCUT2D eigenvalue weighted by atomic mass is 10.2. The fourth-order valence-corrected chi connectivity index (χ4v) is 2.44. The van der Waals surface area contributed by atoms with E-state index >= 15 is 0 Å². The fourth-order valence-electron chi connectivity index (χ4n) is 2.44. The van der Waals surface area contributed by atoms with Crippen LogP contribution in [-0.4, -0.2) is 78.6 Å². The molecule has 0 saturated carbocycles. The maximum Gasteiger partial charge on any atom is 0.126 e. The van der Waals surface area contributed by atoms with E-state index in [1.54, 1.807) is 12.1 Å². The standard InChI is InChI=1S/C15H23FN2O3.ClH/c16-13-2-1-3-15(10-13)21-12-14(20)11-18-6-4-17(5-7-18)8-9-19;/h1-3,10,14,19-20H,4-9,11-12H2;1H. The lowest BCUT2D eigenvalue weighted by Gasteiger charge is -2.35. The van der Waals surface area contributed by atoms with Gasteiger partial charge in [-0.2, -0.15) is 0 Å². The van der Waals surface area contributed by atoms with Gasteiger partial charge in [-0.05, 0) is 12.1 Å². The Morgan fingerprint density at radius 2 is 1.86 bits per heavy atom. The van der Waals surface area contributed by atoms with Gasteiger partial charge >= 0.3 is 0 Å². The quantitative estimate of drug-likeness (QED) is 0.764. The predicted molar refractivity (Wildman–Crippen MR) is 85.1 cm³/mol. The van der Waals surface area contributed by atoms with Crippen LogP contribution in [0.4, 0.5) is 4.39 Å². The summed E-state index contributed by atoms with van der Waals surface area (Å²) in [5.41, 5.74) is 0. The molecule has 1 aliphatic heterocycles. The summed E-state index contributed by atoms with van der Waals surface area (Å²) in [4.78, 5) is 4.37. The zero-order chi connectivity index (χ0) is 15.1. The average molecular weight is 335 g/mol. The molecule has 0 aliphatic carbocycles. The first-order chi connectivity index (χ1) is 10.2. The van der Waals surface area contributed by atoms with Crippen LogP contribution in [0.15, 0.2) is 24.3 Å². The first-order valence-corrected chi connectivity index (χ1v) is 7.29. The molecule has 126 valence electrons. The second-order valence-electron chi connectivity index (χ2n) is 5.29. The molecule has 1 atom stereocenters. The molecule has 22 heavy (non-hydrogen) atoms. The molecule has 2 rings (SSSR count). The van der Waals surface area contributed by atoms with E-state index in [0.29, 0.717) is 18.8 Å². The van der Waals surface area contributed by atoms with Gasteiger partial charge in [0.1, 0.15) is 24.3 Å². The molecule has 1 fully saturated rings.